The van der Waals surface area contributed by atoms with Crippen LogP contribution in [0.25, 0.3) is 0 Å². The van der Waals surface area contributed by atoms with Crippen molar-refractivity contribution < 1.29 is 18.3 Å². The summed E-state index contributed by atoms with van der Waals surface area (Å²) in [5, 5.41) is 9.04. The molecule has 2 fully saturated rings. The Bertz CT molecular complexity index is 277. The number of hydrogen-bond acceptors (Lipinski definition) is 1. The number of alkyl halides is 3. The van der Waals surface area contributed by atoms with E-state index in [2.05, 4.69) is 13.8 Å². The number of aliphatic hydroxyl groups excluding tert-OH is 1. The van der Waals surface area contributed by atoms with Crippen LogP contribution in [-0.4, -0.2) is 11.3 Å². The molecule has 0 aromatic heterocycles. The van der Waals surface area contributed by atoms with Gasteiger partial charge in [-0.1, -0.05) is 25.9 Å². The third-order valence-corrected chi connectivity index (χ3v) is 4.77. The molecule has 96 valence electrons. The normalized spacial score (nSPS) is 35.1. The molecule has 0 aromatic rings. The van der Waals surface area contributed by atoms with E-state index < -0.39 is 12.3 Å². The van der Waals surface area contributed by atoms with Crippen molar-refractivity contribution >= 4 is 0 Å². The van der Waals surface area contributed by atoms with Crippen LogP contribution in [-0.2, 0) is 0 Å². The summed E-state index contributed by atoms with van der Waals surface area (Å²) in [5.41, 5.74) is 0.163. The maximum atomic E-state index is 12.3. The van der Waals surface area contributed by atoms with Gasteiger partial charge in [-0.15, -0.1) is 6.42 Å². The average Bonchev–Trinajstić information content (AvgIpc) is 2.53. The third-order valence-electron chi connectivity index (χ3n) is 4.77. The molecule has 0 radical (unpaired) electrons. The van der Waals surface area contributed by atoms with Crippen molar-refractivity contribution in [3.63, 3.8) is 0 Å². The summed E-state index contributed by atoms with van der Waals surface area (Å²) in [7, 11) is 0. The zero-order valence-corrected chi connectivity index (χ0v) is 16.7. The molecule has 2 aliphatic rings. The van der Waals surface area contributed by atoms with Gasteiger partial charge in [0.05, 0.1) is 0 Å². The van der Waals surface area contributed by atoms with Crippen molar-refractivity contribution in [1.29, 1.82) is 0 Å². The fourth-order valence-corrected chi connectivity index (χ4v) is 3.81. The molecule has 0 amide bonds. The van der Waals surface area contributed by atoms with E-state index in [9.17, 15) is 13.2 Å². The molecule has 0 aromatic carbocycles. The van der Waals surface area contributed by atoms with E-state index in [-0.39, 0.29) is 17.8 Å². The Hall–Kier alpha value is -1.25. The molecular formula is C12H18F3ORf-. The first-order valence-electron chi connectivity index (χ1n) is 5.85. The van der Waals surface area contributed by atoms with E-state index in [1.165, 1.54) is 0 Å². The van der Waals surface area contributed by atoms with Gasteiger partial charge in [-0.3, -0.25) is 0 Å². The second kappa shape index (κ2) is 3.90. The van der Waals surface area contributed by atoms with Crippen LogP contribution in [0.15, 0.2) is 0 Å². The van der Waals surface area contributed by atoms with E-state index in [1.807, 2.05) is 0 Å². The summed E-state index contributed by atoms with van der Waals surface area (Å²) >= 11 is 0. The Morgan fingerprint density at radius 3 is 2.24 bits per heavy atom. The van der Waals surface area contributed by atoms with Crippen molar-refractivity contribution in [3.05, 3.63) is 6.10 Å². The predicted octanol–water partition coefficient (Wildman–Crippen LogP) is 3.92. The van der Waals surface area contributed by atoms with Crippen LogP contribution in [0, 0.1) is 29.3 Å². The van der Waals surface area contributed by atoms with Crippen LogP contribution in [0.5, 0.6) is 0 Å². The first-order chi connectivity index (χ1) is 7.23. The third kappa shape index (κ3) is 2.11. The molecular weight excluding hydrogens is 484 g/mol. The summed E-state index contributed by atoms with van der Waals surface area (Å²) in [5.74, 6) is 0.918. The molecule has 17 heavy (non-hydrogen) atoms. The van der Waals surface area contributed by atoms with Crippen LogP contribution in [0.2, 0.25) is 0 Å². The maximum Gasteiger partial charge on any atom is 0.294 e. The van der Waals surface area contributed by atoms with Crippen LogP contribution in [0.4, 0.5) is 13.2 Å². The molecule has 0 heterocycles. The minimum atomic E-state index is -4.54. The van der Waals surface area contributed by atoms with Gasteiger partial charge in [-0.25, -0.2) is 13.2 Å². The number of aliphatic hydroxyl groups is 1. The Morgan fingerprint density at radius 1 is 1.29 bits per heavy atom. The first-order valence-corrected chi connectivity index (χ1v) is 5.85. The topological polar surface area (TPSA) is 20.2 Å². The molecule has 0 aliphatic heterocycles. The molecule has 1 N–H and O–H groups in total. The van der Waals surface area contributed by atoms with E-state index in [0.29, 0.717) is 11.8 Å². The maximum absolute atomic E-state index is 12.3. The number of fused-ring (bicyclic) bond motifs is 2. The van der Waals surface area contributed by atoms with Gasteiger partial charge in [-0.05, 0) is 36.5 Å². The molecule has 1 nitrogen and oxygen atoms in total. The van der Waals surface area contributed by atoms with Crippen molar-refractivity contribution in [2.24, 2.45) is 23.2 Å². The van der Waals surface area contributed by atoms with Crippen molar-refractivity contribution in [3.8, 4) is 0 Å². The van der Waals surface area contributed by atoms with E-state index in [0.717, 1.165) is 19.3 Å². The van der Waals surface area contributed by atoms with Crippen LogP contribution >= 0.6 is 0 Å². The van der Waals surface area contributed by atoms with E-state index >= 15 is 0 Å². The van der Waals surface area contributed by atoms with Crippen molar-refractivity contribution in [2.45, 2.75) is 45.7 Å². The monoisotopic (exact) mass is 502 g/mol. The average molecular weight is 502 g/mol. The van der Waals surface area contributed by atoms with E-state index in [4.69, 9.17) is 5.11 Å². The van der Waals surface area contributed by atoms with Gasteiger partial charge >= 0.3 is 0 Å². The largest absolute Gasteiger partial charge is 0.554 e. The van der Waals surface area contributed by atoms with Gasteiger partial charge in [0.2, 0.25) is 0 Å². The van der Waals surface area contributed by atoms with Crippen LogP contribution in [0.1, 0.15) is 39.5 Å². The van der Waals surface area contributed by atoms with Gasteiger partial charge in [0, 0.05) is 0 Å². The molecule has 0 saturated heterocycles. The molecule has 2 aliphatic carbocycles. The molecule has 3 atom stereocenters. The number of hydrogen-bond donors (Lipinski definition) is 1. The molecule has 2 rings (SSSR count). The summed E-state index contributed by atoms with van der Waals surface area (Å²) in [6.45, 7) is 4.31. The number of halogens is 3. The fourth-order valence-electron chi connectivity index (χ4n) is 3.81. The minimum Gasteiger partial charge on any atom is -0.554 e. The minimum absolute atomic E-state index is 0. The van der Waals surface area contributed by atoms with E-state index in [1.54, 1.807) is 0 Å². The summed E-state index contributed by atoms with van der Waals surface area (Å²) in [4.78, 5) is 0. The molecule has 3 unspecified atom stereocenters. The number of rotatable bonds is 2. The first kappa shape index (κ1) is 13.8. The van der Waals surface area contributed by atoms with Gasteiger partial charge in [-0.2, -0.15) is 0 Å². The van der Waals surface area contributed by atoms with Gasteiger partial charge in [0.1, 0.15) is 0 Å². The Kier molecular flexibility index (Phi) is 3.17. The molecule has 5 heteroatoms. The quantitative estimate of drug-likeness (QED) is 0.568. The fraction of sp³-hybridized carbons (Fsp3) is 0.917. The molecule has 2 bridgehead atoms. The molecule has 2 saturated carbocycles. The summed E-state index contributed by atoms with van der Waals surface area (Å²) in [6.07, 6.45) is -3.01. The van der Waals surface area contributed by atoms with Crippen LogP contribution < -0.4 is 0 Å². The second-order valence-electron chi connectivity index (χ2n) is 5.85. The zero-order chi connectivity index (χ0) is 12.1. The van der Waals surface area contributed by atoms with Crippen LogP contribution in [0.3, 0.4) is 0 Å². The standard InChI is InChI=1S/C12H18F3O.Rf/c1-11(2)8-3-4-9(11)7(5-8)6-10(16)12(13,14)15;/h7-9,16H,3-6H2,1-2H3;/q-1;. The van der Waals surface area contributed by atoms with Gasteiger partial charge in [0.25, 0.3) is 6.18 Å². The van der Waals surface area contributed by atoms with Gasteiger partial charge in [0.15, 0.2) is 0 Å². The summed E-state index contributed by atoms with van der Waals surface area (Å²) < 4.78 is 36.8. The smallest absolute Gasteiger partial charge is 0.294 e. The van der Waals surface area contributed by atoms with Gasteiger partial charge < -0.3 is 5.11 Å². The van der Waals surface area contributed by atoms with Crippen molar-refractivity contribution in [1.82, 2.24) is 0 Å². The SMILES string of the molecule is CC1(C)C2CCC1C(C[C-](O)C(F)(F)F)C2.[Rf]. The molecule has 0 spiro atoms. The second-order valence-corrected chi connectivity index (χ2v) is 5.85. The summed E-state index contributed by atoms with van der Waals surface area (Å²) in [6, 6.07) is 0. The zero-order valence-electron chi connectivity index (χ0n) is 10.3. The Labute approximate surface area is 94.0 Å². The Morgan fingerprint density at radius 2 is 1.88 bits per heavy atom. The predicted molar refractivity (Wildman–Crippen MR) is 54.0 cm³/mol. The Balaban J connectivity index is 0.00000144. The van der Waals surface area contributed by atoms with Crippen molar-refractivity contribution in [2.75, 3.05) is 0 Å².